The SMILES string of the molecule is CCOC(=O)CCSC1C(NC(=O)Cc2cccs2)C(=O)N1C(C(=O)O)=C(C)C. The van der Waals surface area contributed by atoms with Crippen molar-refractivity contribution < 1.29 is 29.0 Å². The molecule has 1 aromatic heterocycles. The van der Waals surface area contributed by atoms with E-state index in [9.17, 15) is 24.3 Å². The number of hydrogen-bond acceptors (Lipinski definition) is 7. The van der Waals surface area contributed by atoms with Gasteiger partial charge in [-0.3, -0.25) is 19.3 Å². The van der Waals surface area contributed by atoms with Crippen molar-refractivity contribution in [2.75, 3.05) is 12.4 Å². The Balaban J connectivity index is 2.10. The van der Waals surface area contributed by atoms with Crippen molar-refractivity contribution in [1.82, 2.24) is 10.2 Å². The quantitative estimate of drug-likeness (QED) is 0.325. The fraction of sp³-hybridized carbons (Fsp3) is 0.474. The minimum absolute atomic E-state index is 0.104. The molecule has 1 aliphatic rings. The number of aliphatic carboxylic acids is 1. The van der Waals surface area contributed by atoms with Crippen LogP contribution in [0.5, 0.6) is 0 Å². The maximum Gasteiger partial charge on any atom is 0.352 e. The third-order valence-corrected chi connectivity index (χ3v) is 6.23. The summed E-state index contributed by atoms with van der Waals surface area (Å²) in [7, 11) is 0. The van der Waals surface area contributed by atoms with Crippen molar-refractivity contribution in [1.29, 1.82) is 0 Å². The van der Waals surface area contributed by atoms with Gasteiger partial charge in [-0.25, -0.2) is 4.79 Å². The highest BCUT2D eigenvalue weighted by molar-refractivity contribution is 8.00. The van der Waals surface area contributed by atoms with E-state index in [2.05, 4.69) is 5.32 Å². The van der Waals surface area contributed by atoms with Crippen LogP contribution in [0.25, 0.3) is 0 Å². The molecular formula is C19H24N2O6S2. The van der Waals surface area contributed by atoms with Gasteiger partial charge in [-0.05, 0) is 37.8 Å². The number of thioether (sulfide) groups is 1. The molecule has 0 aliphatic carbocycles. The lowest BCUT2D eigenvalue weighted by molar-refractivity contribution is -0.150. The molecule has 2 unspecified atom stereocenters. The first-order chi connectivity index (χ1) is 13.8. The summed E-state index contributed by atoms with van der Waals surface area (Å²) in [5.74, 6) is -2.03. The van der Waals surface area contributed by atoms with Crippen LogP contribution < -0.4 is 5.32 Å². The van der Waals surface area contributed by atoms with Crippen LogP contribution in [0.2, 0.25) is 0 Å². The Bertz CT molecular complexity index is 802. The van der Waals surface area contributed by atoms with Crippen molar-refractivity contribution in [3.8, 4) is 0 Å². The van der Waals surface area contributed by atoms with Crippen molar-refractivity contribution >= 4 is 46.9 Å². The van der Waals surface area contributed by atoms with Gasteiger partial charge in [0.15, 0.2) is 0 Å². The molecule has 10 heteroatoms. The highest BCUT2D eigenvalue weighted by Crippen LogP contribution is 2.35. The second-order valence-corrected chi connectivity index (χ2v) is 8.74. The van der Waals surface area contributed by atoms with E-state index in [1.54, 1.807) is 20.8 Å². The maximum absolute atomic E-state index is 12.7. The average molecular weight is 441 g/mol. The fourth-order valence-electron chi connectivity index (χ4n) is 2.86. The molecule has 0 spiro atoms. The topological polar surface area (TPSA) is 113 Å². The zero-order valence-corrected chi connectivity index (χ0v) is 18.1. The predicted octanol–water partition coefficient (Wildman–Crippen LogP) is 2.01. The summed E-state index contributed by atoms with van der Waals surface area (Å²) in [5, 5.41) is 13.5. The summed E-state index contributed by atoms with van der Waals surface area (Å²) in [6.45, 7) is 5.21. The van der Waals surface area contributed by atoms with Crippen molar-refractivity contribution in [2.45, 2.75) is 45.0 Å². The third kappa shape index (κ3) is 5.83. The smallest absolute Gasteiger partial charge is 0.352 e. The Morgan fingerprint density at radius 1 is 1.34 bits per heavy atom. The van der Waals surface area contributed by atoms with Gasteiger partial charge in [0, 0.05) is 10.6 Å². The number of esters is 1. The number of β-lactam (4-membered cyclic amide) rings is 1. The molecule has 2 atom stereocenters. The van der Waals surface area contributed by atoms with Gasteiger partial charge in [-0.2, -0.15) is 0 Å². The van der Waals surface area contributed by atoms with Crippen LogP contribution in [0.3, 0.4) is 0 Å². The lowest BCUT2D eigenvalue weighted by Crippen LogP contribution is -2.69. The summed E-state index contributed by atoms with van der Waals surface area (Å²) in [5.41, 5.74) is 0.373. The number of amides is 2. The standard InChI is InChI=1S/C19H24N2O6S2/c1-4-27-14(23)7-9-29-18-15(20-13(22)10-12-6-5-8-28-12)17(24)21(18)16(11(2)3)19(25)26/h5-6,8,15,18H,4,7,9-10H2,1-3H3,(H,20,22)(H,25,26). The zero-order chi connectivity index (χ0) is 21.6. The number of carboxylic acid groups (broad SMARTS) is 1. The number of nitrogens with one attached hydrogen (secondary N) is 1. The fourth-order valence-corrected chi connectivity index (χ4v) is 4.82. The summed E-state index contributed by atoms with van der Waals surface area (Å²) in [6, 6.07) is 2.82. The molecule has 1 fully saturated rings. The molecule has 1 saturated heterocycles. The van der Waals surface area contributed by atoms with Gasteiger partial charge in [-0.15, -0.1) is 23.1 Å². The first-order valence-corrected chi connectivity index (χ1v) is 11.0. The van der Waals surface area contributed by atoms with Crippen LogP contribution in [0, 0.1) is 0 Å². The Hall–Kier alpha value is -2.33. The number of ether oxygens (including phenoxy) is 1. The number of rotatable bonds is 10. The molecule has 158 valence electrons. The minimum atomic E-state index is -1.21. The van der Waals surface area contributed by atoms with Gasteiger partial charge in [0.05, 0.1) is 19.4 Å². The molecule has 2 rings (SSSR count). The minimum Gasteiger partial charge on any atom is -0.477 e. The summed E-state index contributed by atoms with van der Waals surface area (Å²) in [6.07, 6.45) is 0.278. The van der Waals surface area contributed by atoms with Crippen LogP contribution in [0.1, 0.15) is 32.1 Å². The molecule has 0 saturated carbocycles. The van der Waals surface area contributed by atoms with Crippen LogP contribution in [0.4, 0.5) is 0 Å². The summed E-state index contributed by atoms with van der Waals surface area (Å²) >= 11 is 2.69. The van der Waals surface area contributed by atoms with Gasteiger partial charge < -0.3 is 15.2 Å². The van der Waals surface area contributed by atoms with Gasteiger partial charge in [0.25, 0.3) is 5.91 Å². The highest BCUT2D eigenvalue weighted by Gasteiger charge is 2.51. The van der Waals surface area contributed by atoms with Crippen molar-refractivity contribution in [3.63, 3.8) is 0 Å². The molecular weight excluding hydrogens is 416 g/mol. The van der Waals surface area contributed by atoms with Gasteiger partial charge in [-0.1, -0.05) is 6.07 Å². The van der Waals surface area contributed by atoms with E-state index in [1.807, 2.05) is 17.5 Å². The number of carbonyl (C=O) groups is 4. The number of carboxylic acids is 1. The molecule has 2 amide bonds. The number of thiophene rings is 1. The molecule has 0 radical (unpaired) electrons. The van der Waals surface area contributed by atoms with E-state index in [0.717, 1.165) is 4.88 Å². The second kappa shape index (κ2) is 10.4. The molecule has 1 aromatic rings. The normalized spacial score (nSPS) is 18.0. The van der Waals surface area contributed by atoms with E-state index in [1.165, 1.54) is 28.0 Å². The van der Waals surface area contributed by atoms with E-state index < -0.39 is 23.3 Å². The Labute approximate surface area is 177 Å². The van der Waals surface area contributed by atoms with Crippen LogP contribution in [-0.4, -0.2) is 57.5 Å². The van der Waals surface area contributed by atoms with Crippen LogP contribution >= 0.6 is 23.1 Å². The number of allylic oxidation sites excluding steroid dienone is 1. The molecule has 2 heterocycles. The molecule has 2 N–H and O–H groups in total. The predicted molar refractivity (Wildman–Crippen MR) is 110 cm³/mol. The second-order valence-electron chi connectivity index (χ2n) is 6.48. The summed E-state index contributed by atoms with van der Waals surface area (Å²) < 4.78 is 4.89. The monoisotopic (exact) mass is 440 g/mol. The Morgan fingerprint density at radius 2 is 2.07 bits per heavy atom. The largest absolute Gasteiger partial charge is 0.477 e. The first-order valence-electron chi connectivity index (χ1n) is 9.09. The van der Waals surface area contributed by atoms with E-state index in [0.29, 0.717) is 11.3 Å². The Kier molecular flexibility index (Phi) is 8.27. The maximum atomic E-state index is 12.7. The van der Waals surface area contributed by atoms with Crippen molar-refractivity contribution in [2.24, 2.45) is 0 Å². The van der Waals surface area contributed by atoms with E-state index in [-0.39, 0.29) is 37.0 Å². The van der Waals surface area contributed by atoms with Crippen molar-refractivity contribution in [3.05, 3.63) is 33.7 Å². The molecule has 8 nitrogen and oxygen atoms in total. The molecule has 0 bridgehead atoms. The van der Waals surface area contributed by atoms with E-state index >= 15 is 0 Å². The lowest BCUT2D eigenvalue weighted by atomic mass is 10.0. The van der Waals surface area contributed by atoms with Gasteiger partial charge >= 0.3 is 11.9 Å². The number of nitrogens with zero attached hydrogens (tertiary/aromatic N) is 1. The highest BCUT2D eigenvalue weighted by atomic mass is 32.2. The molecule has 1 aliphatic heterocycles. The number of likely N-dealkylation sites (tertiary alicyclic amines) is 1. The van der Waals surface area contributed by atoms with Gasteiger partial charge in [0.2, 0.25) is 5.91 Å². The van der Waals surface area contributed by atoms with E-state index in [4.69, 9.17) is 4.74 Å². The zero-order valence-electron chi connectivity index (χ0n) is 16.5. The van der Waals surface area contributed by atoms with Crippen LogP contribution in [0.15, 0.2) is 28.8 Å². The summed E-state index contributed by atoms with van der Waals surface area (Å²) in [4.78, 5) is 50.3. The number of hydrogen-bond donors (Lipinski definition) is 2. The van der Waals surface area contributed by atoms with Crippen LogP contribution in [-0.2, 0) is 30.3 Å². The number of carbonyl (C=O) groups excluding carboxylic acids is 3. The van der Waals surface area contributed by atoms with Gasteiger partial charge in [0.1, 0.15) is 17.1 Å². The first kappa shape index (κ1) is 23.0. The average Bonchev–Trinajstić information content (AvgIpc) is 3.14. The Morgan fingerprint density at radius 3 is 2.62 bits per heavy atom. The molecule has 29 heavy (non-hydrogen) atoms. The molecule has 0 aromatic carbocycles. The third-order valence-electron chi connectivity index (χ3n) is 4.09. The lowest BCUT2D eigenvalue weighted by Gasteiger charge is -2.47.